The summed E-state index contributed by atoms with van der Waals surface area (Å²) in [6, 6.07) is 2.47. The molecular formula is C15H23N5. The summed E-state index contributed by atoms with van der Waals surface area (Å²) in [6.07, 6.45) is 3.51. The molecule has 5 heteroatoms. The van der Waals surface area contributed by atoms with Crippen LogP contribution in [0.1, 0.15) is 47.7 Å². The lowest BCUT2D eigenvalue weighted by Gasteiger charge is -2.19. The molecule has 2 aromatic heterocycles. The van der Waals surface area contributed by atoms with E-state index in [0.29, 0.717) is 6.04 Å². The number of hydrogen-bond donors (Lipinski definition) is 2. The van der Waals surface area contributed by atoms with E-state index in [4.69, 9.17) is 0 Å². The zero-order valence-electron chi connectivity index (χ0n) is 12.7. The van der Waals surface area contributed by atoms with E-state index in [1.54, 1.807) is 6.33 Å². The molecule has 0 bridgehead atoms. The van der Waals surface area contributed by atoms with Crippen molar-refractivity contribution in [1.82, 2.24) is 25.5 Å². The second-order valence-corrected chi connectivity index (χ2v) is 5.29. The second kappa shape index (κ2) is 6.61. The summed E-state index contributed by atoms with van der Waals surface area (Å²) in [6.45, 7) is 9.43. The number of aromatic nitrogens is 4. The summed E-state index contributed by atoms with van der Waals surface area (Å²) >= 11 is 0. The lowest BCUT2D eigenvalue weighted by atomic mass is 10.0. The number of pyridine rings is 1. The maximum absolute atomic E-state index is 4.56. The number of H-pyrrole nitrogens is 1. The fraction of sp³-hybridized carbons (Fsp3) is 0.533. The van der Waals surface area contributed by atoms with Gasteiger partial charge in [-0.1, -0.05) is 0 Å². The molecule has 2 rings (SSSR count). The predicted octanol–water partition coefficient (Wildman–Crippen LogP) is 2.41. The molecule has 0 amide bonds. The Labute approximate surface area is 120 Å². The van der Waals surface area contributed by atoms with Gasteiger partial charge in [-0.25, -0.2) is 4.98 Å². The van der Waals surface area contributed by atoms with Crippen LogP contribution < -0.4 is 5.32 Å². The first-order chi connectivity index (χ1) is 9.58. The monoisotopic (exact) mass is 273 g/mol. The van der Waals surface area contributed by atoms with Gasteiger partial charge >= 0.3 is 0 Å². The van der Waals surface area contributed by atoms with Crippen LogP contribution in [-0.4, -0.2) is 26.7 Å². The smallest absolute Gasteiger partial charge is 0.137 e. The molecule has 0 aliphatic rings. The van der Waals surface area contributed by atoms with Crippen molar-refractivity contribution in [3.63, 3.8) is 0 Å². The van der Waals surface area contributed by atoms with Crippen molar-refractivity contribution in [3.8, 4) is 0 Å². The van der Waals surface area contributed by atoms with Crippen LogP contribution in [0.2, 0.25) is 0 Å². The third-order valence-electron chi connectivity index (χ3n) is 3.52. The summed E-state index contributed by atoms with van der Waals surface area (Å²) in [5, 5.41) is 10.3. The van der Waals surface area contributed by atoms with E-state index < -0.39 is 0 Å². The van der Waals surface area contributed by atoms with E-state index in [1.165, 1.54) is 11.1 Å². The van der Waals surface area contributed by atoms with Crippen molar-refractivity contribution in [3.05, 3.63) is 40.7 Å². The van der Waals surface area contributed by atoms with Crippen LogP contribution in [0.25, 0.3) is 0 Å². The minimum absolute atomic E-state index is 0.317. The van der Waals surface area contributed by atoms with Crippen molar-refractivity contribution in [2.24, 2.45) is 0 Å². The number of rotatable bonds is 6. The van der Waals surface area contributed by atoms with Gasteiger partial charge in [0.25, 0.3) is 0 Å². The van der Waals surface area contributed by atoms with E-state index in [0.717, 1.165) is 36.6 Å². The van der Waals surface area contributed by atoms with Crippen molar-refractivity contribution in [2.75, 3.05) is 6.54 Å². The Bertz CT molecular complexity index is 524. The third-order valence-corrected chi connectivity index (χ3v) is 3.52. The molecule has 1 atom stereocenters. The minimum atomic E-state index is 0.317. The number of aryl methyl sites for hydroxylation is 4. The molecule has 108 valence electrons. The number of aromatic amines is 1. The maximum atomic E-state index is 4.56. The van der Waals surface area contributed by atoms with Crippen molar-refractivity contribution in [2.45, 2.75) is 46.6 Å². The first-order valence-electron chi connectivity index (χ1n) is 7.10. The van der Waals surface area contributed by atoms with E-state index in [1.807, 2.05) is 6.92 Å². The van der Waals surface area contributed by atoms with Crippen LogP contribution in [-0.2, 0) is 6.42 Å². The quantitative estimate of drug-likeness (QED) is 0.793. The fourth-order valence-corrected chi connectivity index (χ4v) is 2.72. The molecule has 0 radical (unpaired) electrons. The van der Waals surface area contributed by atoms with Gasteiger partial charge in [-0.15, -0.1) is 0 Å². The highest BCUT2D eigenvalue weighted by Crippen LogP contribution is 2.21. The first kappa shape index (κ1) is 14.7. The Balaban J connectivity index is 1.87. The van der Waals surface area contributed by atoms with Crippen LogP contribution in [0.15, 0.2) is 12.4 Å². The van der Waals surface area contributed by atoms with Gasteiger partial charge in [0.2, 0.25) is 0 Å². The Morgan fingerprint density at radius 3 is 2.75 bits per heavy atom. The van der Waals surface area contributed by atoms with E-state index in [-0.39, 0.29) is 0 Å². The Kier molecular flexibility index (Phi) is 4.84. The van der Waals surface area contributed by atoms with E-state index >= 15 is 0 Å². The number of nitrogens with one attached hydrogen (secondary N) is 2. The Morgan fingerprint density at radius 2 is 2.10 bits per heavy atom. The largest absolute Gasteiger partial charge is 0.310 e. The lowest BCUT2D eigenvalue weighted by molar-refractivity contribution is 0.548. The van der Waals surface area contributed by atoms with Crippen molar-refractivity contribution in [1.29, 1.82) is 0 Å². The van der Waals surface area contributed by atoms with Crippen molar-refractivity contribution >= 4 is 0 Å². The summed E-state index contributed by atoms with van der Waals surface area (Å²) in [7, 11) is 0. The fourth-order valence-electron chi connectivity index (χ4n) is 2.72. The topological polar surface area (TPSA) is 66.5 Å². The van der Waals surface area contributed by atoms with Crippen LogP contribution in [0, 0.1) is 20.8 Å². The highest BCUT2D eigenvalue weighted by Gasteiger charge is 2.12. The molecule has 0 aromatic carbocycles. The summed E-state index contributed by atoms with van der Waals surface area (Å²) < 4.78 is 0. The molecule has 0 fully saturated rings. The molecule has 0 spiro atoms. The molecule has 2 heterocycles. The van der Waals surface area contributed by atoms with Gasteiger partial charge in [-0.05, 0) is 57.9 Å². The summed E-state index contributed by atoms with van der Waals surface area (Å²) in [5.41, 5.74) is 4.83. The van der Waals surface area contributed by atoms with Gasteiger partial charge in [-0.3, -0.25) is 10.1 Å². The standard InChI is InChI=1S/C15H23N5/c1-10-8-11(2)19-13(4)15(10)12(3)16-7-5-6-14-17-9-18-20-14/h8-9,12,16H,5-7H2,1-4H3,(H,17,18,20). The van der Waals surface area contributed by atoms with Crippen LogP contribution in [0.5, 0.6) is 0 Å². The van der Waals surface area contributed by atoms with E-state index in [2.05, 4.69) is 52.3 Å². The zero-order valence-corrected chi connectivity index (χ0v) is 12.7. The van der Waals surface area contributed by atoms with Gasteiger partial charge in [0, 0.05) is 23.9 Å². The van der Waals surface area contributed by atoms with Gasteiger partial charge in [0.1, 0.15) is 12.2 Å². The molecule has 0 saturated heterocycles. The normalized spacial score (nSPS) is 12.6. The average molecular weight is 273 g/mol. The van der Waals surface area contributed by atoms with Gasteiger partial charge in [0.05, 0.1) is 0 Å². The highest BCUT2D eigenvalue weighted by molar-refractivity contribution is 5.33. The minimum Gasteiger partial charge on any atom is -0.310 e. The average Bonchev–Trinajstić information content (AvgIpc) is 2.86. The molecule has 2 N–H and O–H groups in total. The van der Waals surface area contributed by atoms with Gasteiger partial charge in [-0.2, -0.15) is 5.10 Å². The lowest BCUT2D eigenvalue weighted by Crippen LogP contribution is -2.22. The van der Waals surface area contributed by atoms with Gasteiger partial charge in [0.15, 0.2) is 0 Å². The Hall–Kier alpha value is -1.75. The van der Waals surface area contributed by atoms with E-state index in [9.17, 15) is 0 Å². The Morgan fingerprint density at radius 1 is 1.30 bits per heavy atom. The van der Waals surface area contributed by atoms with Crippen LogP contribution in [0.3, 0.4) is 0 Å². The SMILES string of the molecule is Cc1cc(C)c(C(C)NCCCc2ncn[nH]2)c(C)n1. The molecule has 5 nitrogen and oxygen atoms in total. The zero-order chi connectivity index (χ0) is 14.5. The van der Waals surface area contributed by atoms with Crippen molar-refractivity contribution < 1.29 is 0 Å². The number of nitrogens with zero attached hydrogens (tertiary/aromatic N) is 3. The summed E-state index contributed by atoms with van der Waals surface area (Å²) in [4.78, 5) is 8.69. The maximum Gasteiger partial charge on any atom is 0.137 e. The van der Waals surface area contributed by atoms with Crippen LogP contribution in [0.4, 0.5) is 0 Å². The highest BCUT2D eigenvalue weighted by atomic mass is 15.2. The second-order valence-electron chi connectivity index (χ2n) is 5.29. The third kappa shape index (κ3) is 3.63. The molecule has 20 heavy (non-hydrogen) atoms. The molecule has 1 unspecified atom stereocenters. The summed E-state index contributed by atoms with van der Waals surface area (Å²) in [5.74, 6) is 0.948. The van der Waals surface area contributed by atoms with Gasteiger partial charge < -0.3 is 5.32 Å². The molecule has 0 aliphatic heterocycles. The molecule has 0 saturated carbocycles. The number of hydrogen-bond acceptors (Lipinski definition) is 4. The molecule has 0 aliphatic carbocycles. The van der Waals surface area contributed by atoms with Crippen LogP contribution >= 0.6 is 0 Å². The predicted molar refractivity (Wildman–Crippen MR) is 79.6 cm³/mol. The molecular weight excluding hydrogens is 250 g/mol. The first-order valence-corrected chi connectivity index (χ1v) is 7.10. The molecule has 2 aromatic rings.